The van der Waals surface area contributed by atoms with E-state index in [0.717, 1.165) is 50.0 Å². The molecule has 0 saturated heterocycles. The Bertz CT molecular complexity index is 1940. The first-order valence-electron chi connectivity index (χ1n) is 14.9. The summed E-state index contributed by atoms with van der Waals surface area (Å²) in [5.41, 5.74) is 8.25. The standard InChI is InChI=1S/C28H24NO.C11H8N.Ir/c1-18-15-23-21-12-7-8-14-26(21)30-28(23)24(16-18)27-22-13-6-5-11-20(22)25(17-29-27)19-9-3-2-4-10-19;1-2-6-10(7-3-1)11-8-4-5-9-12-11;/h5-8,11-15,17,19H,2-4,9-10H2,1H3;1-6,8-9H;/q2*-1;. The summed E-state index contributed by atoms with van der Waals surface area (Å²) in [4.78, 5) is 9.24. The molecule has 0 atom stereocenters. The predicted octanol–water partition coefficient (Wildman–Crippen LogP) is 10.5. The zero-order valence-electron chi connectivity index (χ0n) is 24.1. The van der Waals surface area contributed by atoms with E-state index in [1.165, 1.54) is 48.4 Å². The minimum Gasteiger partial charge on any atom is -0.501 e. The second-order valence-corrected chi connectivity index (χ2v) is 11.1. The van der Waals surface area contributed by atoms with Crippen molar-refractivity contribution in [2.75, 3.05) is 0 Å². The molecule has 0 N–H and O–H groups in total. The number of pyridine rings is 2. The molecular weight excluding hydrogens is 705 g/mol. The number of nitrogens with zero attached hydrogens (tertiary/aromatic N) is 2. The molecule has 0 aliphatic heterocycles. The molecule has 1 aliphatic carbocycles. The van der Waals surface area contributed by atoms with Crippen LogP contribution in [0, 0.1) is 19.1 Å². The fourth-order valence-electron chi connectivity index (χ4n) is 6.30. The van der Waals surface area contributed by atoms with E-state index in [0.29, 0.717) is 5.92 Å². The Morgan fingerprint density at radius 3 is 2.26 bits per heavy atom. The molecule has 4 aromatic carbocycles. The summed E-state index contributed by atoms with van der Waals surface area (Å²) in [7, 11) is 0. The monoisotopic (exact) mass is 737 g/mol. The van der Waals surface area contributed by atoms with Gasteiger partial charge in [0.1, 0.15) is 5.58 Å². The van der Waals surface area contributed by atoms with Gasteiger partial charge in [-0.05, 0) is 58.6 Å². The number of fused-ring (bicyclic) bond motifs is 4. The van der Waals surface area contributed by atoms with Crippen LogP contribution in [-0.4, -0.2) is 9.97 Å². The van der Waals surface area contributed by atoms with Crippen LogP contribution in [0.3, 0.4) is 0 Å². The quantitative estimate of drug-likeness (QED) is 0.170. The molecule has 0 spiro atoms. The number of hydrogen-bond acceptors (Lipinski definition) is 3. The normalized spacial score (nSPS) is 13.4. The first-order chi connectivity index (χ1) is 20.8. The Labute approximate surface area is 266 Å². The van der Waals surface area contributed by atoms with Crippen LogP contribution in [0.2, 0.25) is 0 Å². The van der Waals surface area contributed by atoms with Gasteiger partial charge >= 0.3 is 0 Å². The van der Waals surface area contributed by atoms with Crippen LogP contribution < -0.4 is 0 Å². The third-order valence-corrected chi connectivity index (χ3v) is 8.30. The molecule has 0 bridgehead atoms. The van der Waals surface area contributed by atoms with Gasteiger partial charge < -0.3 is 14.4 Å². The molecule has 0 unspecified atom stereocenters. The second kappa shape index (κ2) is 13.0. The molecule has 1 saturated carbocycles. The molecule has 7 aromatic rings. The van der Waals surface area contributed by atoms with Crippen molar-refractivity contribution in [1.82, 2.24) is 9.97 Å². The minimum atomic E-state index is 0. The summed E-state index contributed by atoms with van der Waals surface area (Å²) in [5, 5.41) is 4.81. The molecule has 43 heavy (non-hydrogen) atoms. The number of hydrogen-bond donors (Lipinski definition) is 0. The number of rotatable bonds is 3. The minimum absolute atomic E-state index is 0. The van der Waals surface area contributed by atoms with E-state index in [4.69, 9.17) is 9.40 Å². The summed E-state index contributed by atoms with van der Waals surface area (Å²) in [6, 6.07) is 39.5. The first-order valence-corrected chi connectivity index (χ1v) is 14.9. The summed E-state index contributed by atoms with van der Waals surface area (Å²) in [6.07, 6.45) is 10.5. The van der Waals surface area contributed by atoms with E-state index in [-0.39, 0.29) is 20.1 Å². The number of para-hydroxylation sites is 1. The summed E-state index contributed by atoms with van der Waals surface area (Å²) < 4.78 is 6.32. The van der Waals surface area contributed by atoms with Crippen LogP contribution in [-0.2, 0) is 20.1 Å². The van der Waals surface area contributed by atoms with E-state index >= 15 is 0 Å². The number of benzene rings is 4. The molecule has 3 heterocycles. The van der Waals surface area contributed by atoms with Gasteiger partial charge in [-0.25, -0.2) is 0 Å². The number of aryl methyl sites for hydroxylation is 1. The van der Waals surface area contributed by atoms with Crippen LogP contribution in [0.4, 0.5) is 0 Å². The third kappa shape index (κ3) is 5.91. The Balaban J connectivity index is 0.000000213. The summed E-state index contributed by atoms with van der Waals surface area (Å²) >= 11 is 0. The zero-order chi connectivity index (χ0) is 28.3. The molecule has 1 aliphatic rings. The van der Waals surface area contributed by atoms with Crippen molar-refractivity contribution in [2.24, 2.45) is 0 Å². The molecule has 1 radical (unpaired) electrons. The van der Waals surface area contributed by atoms with Crippen LogP contribution in [0.5, 0.6) is 0 Å². The Hall–Kier alpha value is -4.11. The Morgan fingerprint density at radius 1 is 0.744 bits per heavy atom. The Morgan fingerprint density at radius 2 is 1.49 bits per heavy atom. The molecule has 1 fully saturated rings. The molecule has 3 aromatic heterocycles. The van der Waals surface area contributed by atoms with Crippen molar-refractivity contribution < 1.29 is 24.5 Å². The van der Waals surface area contributed by atoms with Gasteiger partial charge in [-0.1, -0.05) is 91.7 Å². The van der Waals surface area contributed by atoms with Crippen LogP contribution in [0.1, 0.15) is 49.1 Å². The molecular formula is C39H32IrN2O-2. The van der Waals surface area contributed by atoms with Gasteiger partial charge in [-0.2, -0.15) is 0 Å². The molecule has 215 valence electrons. The first kappa shape index (κ1) is 29.0. The van der Waals surface area contributed by atoms with Gasteiger partial charge in [0, 0.05) is 37.9 Å². The van der Waals surface area contributed by atoms with Crippen molar-refractivity contribution in [1.29, 1.82) is 0 Å². The molecule has 3 nitrogen and oxygen atoms in total. The second-order valence-electron chi connectivity index (χ2n) is 11.1. The van der Waals surface area contributed by atoms with Gasteiger partial charge in [0.25, 0.3) is 0 Å². The molecule has 8 rings (SSSR count). The topological polar surface area (TPSA) is 38.9 Å². The van der Waals surface area contributed by atoms with Crippen LogP contribution in [0.25, 0.3) is 55.2 Å². The van der Waals surface area contributed by atoms with E-state index < -0.39 is 0 Å². The average molecular weight is 737 g/mol. The molecule has 0 amide bonds. The van der Waals surface area contributed by atoms with Crippen LogP contribution >= 0.6 is 0 Å². The molecule has 4 heteroatoms. The van der Waals surface area contributed by atoms with Crippen molar-refractivity contribution in [3.63, 3.8) is 0 Å². The maximum atomic E-state index is 6.32. The van der Waals surface area contributed by atoms with Crippen LogP contribution in [0.15, 0.2) is 114 Å². The van der Waals surface area contributed by atoms with Gasteiger partial charge in [0.15, 0.2) is 0 Å². The third-order valence-electron chi connectivity index (χ3n) is 8.30. The Kier molecular flexibility index (Phi) is 8.79. The van der Waals surface area contributed by atoms with Crippen molar-refractivity contribution >= 4 is 32.7 Å². The van der Waals surface area contributed by atoms with Gasteiger partial charge in [0.2, 0.25) is 0 Å². The van der Waals surface area contributed by atoms with Gasteiger partial charge in [0.05, 0.1) is 5.58 Å². The average Bonchev–Trinajstić information content (AvgIpc) is 3.44. The SMILES string of the molecule is Cc1[c-]c(-c2ncc(C3CCCCC3)c3ccccc23)c2oc3ccccc3c2c1.[Ir].[c-]1ccccc1-c1ccccn1. The van der Waals surface area contributed by atoms with Crippen molar-refractivity contribution in [2.45, 2.75) is 44.9 Å². The van der Waals surface area contributed by atoms with Crippen molar-refractivity contribution in [3.05, 3.63) is 133 Å². The maximum absolute atomic E-state index is 6.32. The summed E-state index contributed by atoms with van der Waals surface area (Å²) in [6.45, 7) is 2.10. The number of furan rings is 1. The van der Waals surface area contributed by atoms with Crippen molar-refractivity contribution in [3.8, 4) is 22.5 Å². The zero-order valence-corrected chi connectivity index (χ0v) is 26.5. The predicted molar refractivity (Wildman–Crippen MR) is 172 cm³/mol. The van der Waals surface area contributed by atoms with E-state index in [9.17, 15) is 0 Å². The van der Waals surface area contributed by atoms with E-state index in [1.807, 2.05) is 54.6 Å². The summed E-state index contributed by atoms with van der Waals surface area (Å²) in [5.74, 6) is 0.623. The number of aromatic nitrogens is 2. The van der Waals surface area contributed by atoms with Gasteiger partial charge in [-0.3, -0.25) is 0 Å². The van der Waals surface area contributed by atoms with E-state index in [2.05, 4.69) is 72.7 Å². The fraction of sp³-hybridized carbons (Fsp3) is 0.179. The smallest absolute Gasteiger partial charge is 0.120 e. The maximum Gasteiger partial charge on any atom is 0.120 e. The largest absolute Gasteiger partial charge is 0.501 e. The van der Waals surface area contributed by atoms with Gasteiger partial charge in [-0.15, -0.1) is 53.6 Å². The van der Waals surface area contributed by atoms with E-state index in [1.54, 1.807) is 6.20 Å². The fourth-order valence-corrected chi connectivity index (χ4v) is 6.30.